The summed E-state index contributed by atoms with van der Waals surface area (Å²) in [7, 11) is 0. The number of rotatable bonds is 13. The van der Waals surface area contributed by atoms with E-state index in [1.165, 1.54) is 12.1 Å². The van der Waals surface area contributed by atoms with Crippen LogP contribution in [0.3, 0.4) is 0 Å². The topological polar surface area (TPSA) is 134 Å². The Morgan fingerprint density at radius 3 is 2.27 bits per heavy atom. The van der Waals surface area contributed by atoms with Crippen molar-refractivity contribution < 1.29 is 52.7 Å². The Labute approximate surface area is 240 Å². The molecule has 0 heterocycles. The molecule has 0 bridgehead atoms. The van der Waals surface area contributed by atoms with Crippen molar-refractivity contribution in [3.8, 4) is 5.75 Å². The molecule has 8 nitrogen and oxygen atoms in total. The molecule has 41 heavy (non-hydrogen) atoms. The van der Waals surface area contributed by atoms with Crippen LogP contribution in [0.2, 0.25) is 0 Å². The molecule has 11 heteroatoms. The van der Waals surface area contributed by atoms with Crippen molar-refractivity contribution in [2.75, 3.05) is 19.8 Å². The third-order valence-electron chi connectivity index (χ3n) is 5.71. The first-order valence-electron chi connectivity index (χ1n) is 13.7. The van der Waals surface area contributed by atoms with Crippen molar-refractivity contribution >= 4 is 11.9 Å². The van der Waals surface area contributed by atoms with Gasteiger partial charge < -0.3 is 29.9 Å². The van der Waals surface area contributed by atoms with Gasteiger partial charge in [0.15, 0.2) is 0 Å². The van der Waals surface area contributed by atoms with Crippen molar-refractivity contribution in [3.05, 3.63) is 54.1 Å². The van der Waals surface area contributed by atoms with E-state index in [-0.39, 0.29) is 23.9 Å². The number of unbranched alkanes of at least 4 members (excludes halogenated alkanes) is 1. The van der Waals surface area contributed by atoms with E-state index >= 15 is 0 Å². The smallest absolute Gasteiger partial charge is 0.416 e. The van der Waals surface area contributed by atoms with Gasteiger partial charge in [0.25, 0.3) is 0 Å². The predicted octanol–water partition coefficient (Wildman–Crippen LogP) is 5.55. The Morgan fingerprint density at radius 2 is 1.78 bits per heavy atom. The fraction of sp³-hybridized carbons (Fsp3) is 0.600. The summed E-state index contributed by atoms with van der Waals surface area (Å²) in [4.78, 5) is 20.8. The molecule has 2 rings (SSSR count). The summed E-state index contributed by atoms with van der Waals surface area (Å²) in [6.07, 6.45) is 9.21. The number of carbonyl (C=O) groups excluding carboxylic acids is 1. The molecule has 1 saturated carbocycles. The van der Waals surface area contributed by atoms with Gasteiger partial charge in [0.05, 0.1) is 37.6 Å². The van der Waals surface area contributed by atoms with Crippen LogP contribution in [-0.2, 0) is 20.5 Å². The number of carboxylic acids is 1. The van der Waals surface area contributed by atoms with E-state index in [1.54, 1.807) is 0 Å². The number of ether oxygens (including phenoxy) is 2. The number of benzene rings is 1. The number of allylic oxidation sites excluding steroid dienone is 3. The van der Waals surface area contributed by atoms with Crippen LogP contribution < -0.4 is 4.74 Å². The highest BCUT2D eigenvalue weighted by atomic mass is 19.4. The molecule has 234 valence electrons. The Kier molecular flexibility index (Phi) is 20.3. The van der Waals surface area contributed by atoms with Crippen molar-refractivity contribution in [2.24, 2.45) is 11.8 Å². The van der Waals surface area contributed by atoms with Gasteiger partial charge in [-0.1, -0.05) is 30.4 Å². The molecule has 0 aromatic heterocycles. The van der Waals surface area contributed by atoms with E-state index < -0.39 is 36.8 Å². The van der Waals surface area contributed by atoms with Gasteiger partial charge in [-0.3, -0.25) is 9.59 Å². The van der Waals surface area contributed by atoms with Gasteiger partial charge in [0.2, 0.25) is 0 Å². The molecular weight excluding hydrogens is 545 g/mol. The van der Waals surface area contributed by atoms with Gasteiger partial charge in [-0.25, -0.2) is 0 Å². The quantitative estimate of drug-likeness (QED) is 0.134. The van der Waals surface area contributed by atoms with Crippen LogP contribution in [0.15, 0.2) is 48.6 Å². The molecule has 0 saturated heterocycles. The van der Waals surface area contributed by atoms with E-state index in [0.29, 0.717) is 25.4 Å². The van der Waals surface area contributed by atoms with E-state index in [4.69, 9.17) is 24.8 Å². The Hall–Kier alpha value is -2.89. The Bertz CT molecular complexity index is 911. The minimum atomic E-state index is -4.34. The van der Waals surface area contributed by atoms with Gasteiger partial charge in [-0.2, -0.15) is 13.2 Å². The molecule has 1 aliphatic carbocycles. The number of aliphatic hydroxyl groups excluding tert-OH is 3. The van der Waals surface area contributed by atoms with Crippen LogP contribution in [0.25, 0.3) is 0 Å². The second-order valence-corrected chi connectivity index (χ2v) is 9.72. The van der Waals surface area contributed by atoms with Gasteiger partial charge >= 0.3 is 18.1 Å². The third-order valence-corrected chi connectivity index (χ3v) is 5.71. The molecule has 2 atom stereocenters. The second-order valence-electron chi connectivity index (χ2n) is 9.72. The van der Waals surface area contributed by atoms with E-state index in [9.17, 15) is 27.9 Å². The molecule has 1 aromatic rings. The van der Waals surface area contributed by atoms with Crippen LogP contribution >= 0.6 is 0 Å². The number of alkyl halides is 3. The molecule has 1 aromatic carbocycles. The number of carboxylic acid groups (broad SMARTS) is 1. The zero-order valence-electron chi connectivity index (χ0n) is 24.1. The lowest BCUT2D eigenvalue weighted by Crippen LogP contribution is -2.21. The van der Waals surface area contributed by atoms with Gasteiger partial charge in [0.1, 0.15) is 11.7 Å². The molecule has 1 unspecified atom stereocenters. The number of hydrogen-bond acceptors (Lipinski definition) is 7. The zero-order valence-corrected chi connectivity index (χ0v) is 24.1. The largest absolute Gasteiger partial charge is 0.493 e. The minimum absolute atomic E-state index is 0.0132. The Balaban J connectivity index is 0.000000677. The highest BCUT2D eigenvalue weighted by molar-refractivity contribution is 5.70. The van der Waals surface area contributed by atoms with Crippen molar-refractivity contribution in [1.82, 2.24) is 0 Å². The average Bonchev–Trinajstić information content (AvgIpc) is 3.32. The molecule has 1 aliphatic rings. The first kappa shape index (κ1) is 38.1. The predicted molar refractivity (Wildman–Crippen MR) is 149 cm³/mol. The monoisotopic (exact) mass is 590 g/mol. The number of carbonyl (C=O) groups is 2. The lowest BCUT2D eigenvalue weighted by Gasteiger charge is -2.09. The molecule has 0 spiro atoms. The Morgan fingerprint density at radius 1 is 1.10 bits per heavy atom. The van der Waals surface area contributed by atoms with Crippen LogP contribution in [0.4, 0.5) is 13.2 Å². The normalized spacial score (nSPS) is 16.9. The summed E-state index contributed by atoms with van der Waals surface area (Å²) in [5.74, 6) is -1.64. The average molecular weight is 591 g/mol. The standard InChI is InChI=1S/C16H19F3O2.C10H18O2.C4H8O4/c17-16(18,19)13-5-3-6-15(11-13)21-9-2-1-4-12-7-8-14(20)10-12;1-4-5-6-7-8-10(11)12-9(2)3;5-1-3(2-6)4(7)8/h1,3-6,11-12,14,20H,2,7-10H2;4-5,9H,6-8H2,1-3H3;3,5-6H,1-2H2,(H,7,8)/b4-1+;5-4-;/t12?,14-;;/m0../s1. The maximum atomic E-state index is 12.5. The summed E-state index contributed by atoms with van der Waals surface area (Å²) in [6.45, 7) is 5.03. The summed E-state index contributed by atoms with van der Waals surface area (Å²) >= 11 is 0. The lowest BCUT2D eigenvalue weighted by molar-refractivity contribution is -0.147. The highest BCUT2D eigenvalue weighted by Crippen LogP contribution is 2.31. The van der Waals surface area contributed by atoms with Gasteiger partial charge in [-0.15, -0.1) is 0 Å². The molecule has 0 radical (unpaired) electrons. The van der Waals surface area contributed by atoms with Gasteiger partial charge in [-0.05, 0) is 83.4 Å². The van der Waals surface area contributed by atoms with E-state index in [0.717, 1.165) is 44.2 Å². The molecular formula is C30H45F3O8. The van der Waals surface area contributed by atoms with Crippen LogP contribution in [0, 0.1) is 11.8 Å². The SMILES string of the molecule is C/C=C\CCCC(=O)OC(C)C.O=C(O)C(CO)CO.O[C@H]1CCC(/C=C/CCOc2cccc(C(F)(F)F)c2)C1. The minimum Gasteiger partial charge on any atom is -0.493 e. The second kappa shape index (κ2) is 21.8. The highest BCUT2D eigenvalue weighted by Gasteiger charge is 2.30. The maximum absolute atomic E-state index is 12.5. The van der Waals surface area contributed by atoms with Crippen molar-refractivity contribution in [3.63, 3.8) is 0 Å². The third kappa shape index (κ3) is 19.8. The zero-order chi connectivity index (χ0) is 31.3. The first-order valence-corrected chi connectivity index (χ1v) is 13.7. The number of halogens is 3. The van der Waals surface area contributed by atoms with Crippen LogP contribution in [0.5, 0.6) is 5.75 Å². The van der Waals surface area contributed by atoms with Crippen molar-refractivity contribution in [1.29, 1.82) is 0 Å². The summed E-state index contributed by atoms with van der Waals surface area (Å²) in [5.41, 5.74) is -0.699. The van der Waals surface area contributed by atoms with Crippen molar-refractivity contribution in [2.45, 2.75) is 84.1 Å². The molecule has 0 aliphatic heterocycles. The fourth-order valence-corrected chi connectivity index (χ4v) is 3.53. The molecule has 0 amide bonds. The van der Waals surface area contributed by atoms with Crippen LogP contribution in [-0.4, -0.2) is 64.4 Å². The summed E-state index contributed by atoms with van der Waals surface area (Å²) < 4.78 is 47.9. The lowest BCUT2D eigenvalue weighted by atomic mass is 10.1. The molecule has 1 fully saturated rings. The fourth-order valence-electron chi connectivity index (χ4n) is 3.53. The summed E-state index contributed by atoms with van der Waals surface area (Å²) in [6, 6.07) is 4.90. The number of aliphatic hydroxyl groups is 3. The van der Waals surface area contributed by atoms with Gasteiger partial charge in [0, 0.05) is 6.42 Å². The van der Waals surface area contributed by atoms with E-state index in [1.807, 2.05) is 32.9 Å². The van der Waals surface area contributed by atoms with Crippen LogP contribution in [0.1, 0.15) is 71.3 Å². The maximum Gasteiger partial charge on any atom is 0.416 e. The molecule has 4 N–H and O–H groups in total. The summed E-state index contributed by atoms with van der Waals surface area (Å²) in [5, 5.41) is 33.8. The number of aliphatic carboxylic acids is 1. The first-order chi connectivity index (χ1) is 19.3. The number of esters is 1. The van der Waals surface area contributed by atoms with E-state index in [2.05, 4.69) is 12.2 Å². The number of hydrogen-bond donors (Lipinski definition) is 4.